The zero-order valence-electron chi connectivity index (χ0n) is 10.2. The fourth-order valence-corrected chi connectivity index (χ4v) is 2.75. The third-order valence-corrected chi connectivity index (χ3v) is 3.81. The number of rotatable bonds is 2. The van der Waals surface area contributed by atoms with E-state index in [1.54, 1.807) is 4.90 Å². The number of anilines is 1. The van der Waals surface area contributed by atoms with Gasteiger partial charge >= 0.3 is 0 Å². The molecule has 0 bridgehead atoms. The molecule has 1 amide bonds. The Bertz CT molecular complexity index is 547. The van der Waals surface area contributed by atoms with Crippen LogP contribution in [0, 0.1) is 5.92 Å². The highest BCUT2D eigenvalue weighted by Crippen LogP contribution is 2.30. The fourth-order valence-electron chi connectivity index (χ4n) is 2.75. The molecule has 1 saturated heterocycles. The van der Waals surface area contributed by atoms with Crippen molar-refractivity contribution in [2.75, 3.05) is 11.4 Å². The summed E-state index contributed by atoms with van der Waals surface area (Å²) in [6.07, 6.45) is 3.78. The first-order valence-corrected chi connectivity index (χ1v) is 6.28. The number of hydrogen-bond donors (Lipinski definition) is 0. The standard InChI is InChI=1S/C15H15NO2/c1-2-10-7-15(18)16(9-10)12-4-5-13-11(8-12)3-6-14(13)17/h2,4-5,8,10H,1,3,6-7,9H2. The Morgan fingerprint density at radius 3 is 2.83 bits per heavy atom. The minimum absolute atomic E-state index is 0.143. The molecule has 1 fully saturated rings. The number of benzene rings is 1. The van der Waals surface area contributed by atoms with E-state index < -0.39 is 0 Å². The lowest BCUT2D eigenvalue weighted by molar-refractivity contribution is -0.117. The maximum Gasteiger partial charge on any atom is 0.227 e. The molecule has 0 N–H and O–H groups in total. The average Bonchev–Trinajstić information content (AvgIpc) is 2.93. The highest BCUT2D eigenvalue weighted by molar-refractivity contribution is 6.02. The third kappa shape index (κ3) is 1.67. The molecule has 1 aromatic rings. The largest absolute Gasteiger partial charge is 0.312 e. The van der Waals surface area contributed by atoms with Crippen molar-refractivity contribution in [1.29, 1.82) is 0 Å². The van der Waals surface area contributed by atoms with Crippen molar-refractivity contribution < 1.29 is 9.59 Å². The van der Waals surface area contributed by atoms with E-state index in [2.05, 4.69) is 6.58 Å². The van der Waals surface area contributed by atoms with Gasteiger partial charge in [-0.2, -0.15) is 0 Å². The zero-order valence-corrected chi connectivity index (χ0v) is 10.2. The molecule has 1 unspecified atom stereocenters. The summed E-state index contributed by atoms with van der Waals surface area (Å²) in [5.41, 5.74) is 2.82. The molecular weight excluding hydrogens is 226 g/mol. The van der Waals surface area contributed by atoms with E-state index in [1.807, 2.05) is 24.3 Å². The van der Waals surface area contributed by atoms with Crippen LogP contribution < -0.4 is 4.90 Å². The Morgan fingerprint density at radius 1 is 1.28 bits per heavy atom. The van der Waals surface area contributed by atoms with Gasteiger partial charge in [-0.1, -0.05) is 6.08 Å². The maximum atomic E-state index is 11.9. The number of amides is 1. The van der Waals surface area contributed by atoms with E-state index in [0.717, 1.165) is 23.2 Å². The summed E-state index contributed by atoms with van der Waals surface area (Å²) in [6, 6.07) is 5.73. The molecule has 18 heavy (non-hydrogen) atoms. The molecule has 0 radical (unpaired) electrons. The van der Waals surface area contributed by atoms with E-state index in [9.17, 15) is 9.59 Å². The summed E-state index contributed by atoms with van der Waals surface area (Å²) in [7, 11) is 0. The highest BCUT2D eigenvalue weighted by Gasteiger charge is 2.29. The molecule has 3 heteroatoms. The lowest BCUT2D eigenvalue weighted by atomic mass is 10.1. The molecule has 1 aromatic carbocycles. The smallest absolute Gasteiger partial charge is 0.227 e. The Hall–Kier alpha value is -1.90. The van der Waals surface area contributed by atoms with E-state index >= 15 is 0 Å². The lowest BCUT2D eigenvalue weighted by Crippen LogP contribution is -2.24. The van der Waals surface area contributed by atoms with Crippen molar-refractivity contribution in [3.05, 3.63) is 42.0 Å². The molecule has 1 atom stereocenters. The SMILES string of the molecule is C=CC1CC(=O)N(c2ccc3c(c2)CCC3=O)C1. The van der Waals surface area contributed by atoms with Crippen LogP contribution in [0.1, 0.15) is 28.8 Å². The van der Waals surface area contributed by atoms with E-state index in [4.69, 9.17) is 0 Å². The molecule has 0 spiro atoms. The van der Waals surface area contributed by atoms with Crippen LogP contribution in [0.25, 0.3) is 0 Å². The predicted octanol–water partition coefficient (Wildman–Crippen LogP) is 2.35. The van der Waals surface area contributed by atoms with Crippen LogP contribution in [0.4, 0.5) is 5.69 Å². The van der Waals surface area contributed by atoms with E-state index in [0.29, 0.717) is 19.4 Å². The number of nitrogens with zero attached hydrogens (tertiary/aromatic N) is 1. The number of aryl methyl sites for hydroxylation is 1. The Balaban J connectivity index is 1.92. The summed E-state index contributed by atoms with van der Waals surface area (Å²) in [4.78, 5) is 25.3. The van der Waals surface area contributed by atoms with Gasteiger partial charge in [-0.15, -0.1) is 6.58 Å². The van der Waals surface area contributed by atoms with Gasteiger partial charge < -0.3 is 4.90 Å². The molecule has 1 aliphatic heterocycles. The van der Waals surface area contributed by atoms with Crippen LogP contribution in [0.5, 0.6) is 0 Å². The molecule has 1 aliphatic carbocycles. The quantitative estimate of drug-likeness (QED) is 0.745. The second-order valence-corrected chi connectivity index (χ2v) is 4.97. The first-order chi connectivity index (χ1) is 8.69. The minimum atomic E-state index is 0.143. The molecule has 3 rings (SSSR count). The average molecular weight is 241 g/mol. The van der Waals surface area contributed by atoms with Crippen molar-refractivity contribution in [2.24, 2.45) is 5.92 Å². The number of carbonyl (C=O) groups is 2. The van der Waals surface area contributed by atoms with Gasteiger partial charge in [0, 0.05) is 36.6 Å². The second kappa shape index (κ2) is 4.09. The maximum absolute atomic E-state index is 11.9. The van der Waals surface area contributed by atoms with Gasteiger partial charge in [-0.3, -0.25) is 9.59 Å². The van der Waals surface area contributed by atoms with Gasteiger partial charge in [0.25, 0.3) is 0 Å². The van der Waals surface area contributed by atoms with Crippen molar-refractivity contribution in [2.45, 2.75) is 19.3 Å². The van der Waals surface area contributed by atoms with Crippen molar-refractivity contribution in [3.8, 4) is 0 Å². The fraction of sp³-hybridized carbons (Fsp3) is 0.333. The number of Topliss-reactive ketones (excluding diaryl/α,β-unsaturated/α-hetero) is 1. The monoisotopic (exact) mass is 241 g/mol. The summed E-state index contributed by atoms with van der Waals surface area (Å²) >= 11 is 0. The van der Waals surface area contributed by atoms with Gasteiger partial charge in [0.05, 0.1) is 0 Å². The third-order valence-electron chi connectivity index (χ3n) is 3.81. The van der Waals surface area contributed by atoms with E-state index in [1.165, 1.54) is 0 Å². The Kier molecular flexibility index (Phi) is 2.54. The van der Waals surface area contributed by atoms with Crippen molar-refractivity contribution in [1.82, 2.24) is 0 Å². The Morgan fingerprint density at radius 2 is 2.11 bits per heavy atom. The van der Waals surface area contributed by atoms with Crippen molar-refractivity contribution in [3.63, 3.8) is 0 Å². The lowest BCUT2D eigenvalue weighted by Gasteiger charge is -2.17. The Labute approximate surface area is 106 Å². The summed E-state index contributed by atoms with van der Waals surface area (Å²) in [5, 5.41) is 0. The van der Waals surface area contributed by atoms with Gasteiger partial charge in [0.1, 0.15) is 0 Å². The number of fused-ring (bicyclic) bond motifs is 1. The minimum Gasteiger partial charge on any atom is -0.312 e. The van der Waals surface area contributed by atoms with Crippen LogP contribution in [-0.2, 0) is 11.2 Å². The van der Waals surface area contributed by atoms with Crippen molar-refractivity contribution >= 4 is 17.4 Å². The first-order valence-electron chi connectivity index (χ1n) is 6.28. The van der Waals surface area contributed by atoms with E-state index in [-0.39, 0.29) is 17.6 Å². The van der Waals surface area contributed by atoms with Gasteiger partial charge in [-0.05, 0) is 30.2 Å². The number of hydrogen-bond acceptors (Lipinski definition) is 2. The molecule has 0 aromatic heterocycles. The first kappa shape index (κ1) is 11.2. The summed E-state index contributed by atoms with van der Waals surface area (Å²) in [5.74, 6) is 0.602. The second-order valence-electron chi connectivity index (χ2n) is 4.97. The van der Waals surface area contributed by atoms with Crippen LogP contribution in [0.2, 0.25) is 0 Å². The van der Waals surface area contributed by atoms with Gasteiger partial charge in [0.15, 0.2) is 5.78 Å². The van der Waals surface area contributed by atoms with Gasteiger partial charge in [-0.25, -0.2) is 0 Å². The number of carbonyl (C=O) groups excluding carboxylic acids is 2. The van der Waals surface area contributed by atoms with Crippen LogP contribution in [0.3, 0.4) is 0 Å². The molecule has 2 aliphatic rings. The van der Waals surface area contributed by atoms with Gasteiger partial charge in [0.2, 0.25) is 5.91 Å². The predicted molar refractivity (Wildman–Crippen MR) is 69.8 cm³/mol. The molecule has 0 saturated carbocycles. The normalized spacial score (nSPS) is 22.4. The highest BCUT2D eigenvalue weighted by atomic mass is 16.2. The summed E-state index contributed by atoms with van der Waals surface area (Å²) < 4.78 is 0. The molecule has 3 nitrogen and oxygen atoms in total. The molecular formula is C15H15NO2. The molecule has 92 valence electrons. The molecule has 1 heterocycles. The van der Waals surface area contributed by atoms with Crippen LogP contribution in [-0.4, -0.2) is 18.2 Å². The zero-order chi connectivity index (χ0) is 12.7. The number of ketones is 1. The van der Waals surface area contributed by atoms with Crippen LogP contribution >= 0.6 is 0 Å². The van der Waals surface area contributed by atoms with Crippen LogP contribution in [0.15, 0.2) is 30.9 Å². The topological polar surface area (TPSA) is 37.4 Å². The summed E-state index contributed by atoms with van der Waals surface area (Å²) in [6.45, 7) is 4.45.